The van der Waals surface area contributed by atoms with Gasteiger partial charge in [-0.15, -0.1) is 24.0 Å². The molecule has 0 bridgehead atoms. The van der Waals surface area contributed by atoms with E-state index in [2.05, 4.69) is 48.3 Å². The number of guanidine groups is 1. The molecule has 0 amide bonds. The van der Waals surface area contributed by atoms with Crippen LogP contribution in [0.5, 0.6) is 5.88 Å². The zero-order chi connectivity index (χ0) is 19.2. The number of aliphatic imine (C=N–C) groups is 1. The summed E-state index contributed by atoms with van der Waals surface area (Å²) in [5, 5.41) is 15.9. The van der Waals surface area contributed by atoms with Crippen molar-refractivity contribution in [3.05, 3.63) is 23.9 Å². The highest BCUT2D eigenvalue weighted by atomic mass is 127. The minimum absolute atomic E-state index is 0. The fraction of sp³-hybridized carbons (Fsp3) is 0.700. The van der Waals surface area contributed by atoms with Crippen molar-refractivity contribution in [2.75, 3.05) is 26.3 Å². The minimum Gasteiger partial charge on any atom is -0.478 e. The van der Waals surface area contributed by atoms with E-state index >= 15 is 0 Å². The number of halogens is 1. The van der Waals surface area contributed by atoms with Gasteiger partial charge >= 0.3 is 0 Å². The van der Waals surface area contributed by atoms with E-state index in [1.165, 1.54) is 0 Å². The summed E-state index contributed by atoms with van der Waals surface area (Å²) in [6.45, 7) is 11.6. The van der Waals surface area contributed by atoms with Crippen molar-refractivity contribution < 1.29 is 9.84 Å². The van der Waals surface area contributed by atoms with Gasteiger partial charge < -0.3 is 20.5 Å². The van der Waals surface area contributed by atoms with Crippen molar-refractivity contribution in [2.24, 2.45) is 16.8 Å². The molecule has 6 nitrogen and oxygen atoms in total. The number of aromatic nitrogens is 1. The second kappa shape index (κ2) is 15.9. The van der Waals surface area contributed by atoms with E-state index in [1.54, 1.807) is 0 Å². The largest absolute Gasteiger partial charge is 0.478 e. The van der Waals surface area contributed by atoms with E-state index in [4.69, 9.17) is 4.74 Å². The Morgan fingerprint density at radius 1 is 1.26 bits per heavy atom. The SMILES string of the molecule is CCCOc1ccc(CN=C(NCC)NCC(CCO)CC(C)C)cn1.I. The third kappa shape index (κ3) is 12.1. The molecule has 1 atom stereocenters. The molecule has 7 heteroatoms. The van der Waals surface area contributed by atoms with E-state index in [0.717, 1.165) is 43.9 Å². The van der Waals surface area contributed by atoms with Crippen molar-refractivity contribution in [1.82, 2.24) is 15.6 Å². The van der Waals surface area contributed by atoms with Gasteiger partial charge in [0.1, 0.15) is 0 Å². The van der Waals surface area contributed by atoms with Crippen molar-refractivity contribution in [2.45, 2.75) is 53.5 Å². The molecule has 0 aliphatic heterocycles. The highest BCUT2D eigenvalue weighted by Crippen LogP contribution is 2.14. The number of hydrogen-bond donors (Lipinski definition) is 3. The molecule has 0 aromatic carbocycles. The van der Waals surface area contributed by atoms with Crippen LogP contribution in [-0.2, 0) is 6.54 Å². The highest BCUT2D eigenvalue weighted by Gasteiger charge is 2.11. The third-order valence-electron chi connectivity index (χ3n) is 3.92. The van der Waals surface area contributed by atoms with Crippen LogP contribution in [-0.4, -0.2) is 42.4 Å². The number of rotatable bonds is 12. The molecule has 0 radical (unpaired) electrons. The molecular formula is C20H37IN4O2. The number of nitrogens with one attached hydrogen (secondary N) is 2. The summed E-state index contributed by atoms with van der Waals surface area (Å²) in [5.41, 5.74) is 1.04. The molecule has 1 heterocycles. The maximum atomic E-state index is 9.26. The summed E-state index contributed by atoms with van der Waals surface area (Å²) in [6, 6.07) is 3.89. The Hall–Kier alpha value is -1.09. The van der Waals surface area contributed by atoms with E-state index in [1.807, 2.05) is 18.3 Å². The van der Waals surface area contributed by atoms with Crippen LogP contribution in [0.4, 0.5) is 0 Å². The van der Waals surface area contributed by atoms with Gasteiger partial charge in [-0.25, -0.2) is 9.98 Å². The molecule has 0 fully saturated rings. The maximum Gasteiger partial charge on any atom is 0.213 e. The molecule has 1 unspecified atom stereocenters. The van der Waals surface area contributed by atoms with Gasteiger partial charge in [-0.1, -0.05) is 26.8 Å². The first kappa shape index (κ1) is 25.9. The van der Waals surface area contributed by atoms with Crippen LogP contribution in [0.3, 0.4) is 0 Å². The van der Waals surface area contributed by atoms with Gasteiger partial charge in [0.2, 0.25) is 5.88 Å². The summed E-state index contributed by atoms with van der Waals surface area (Å²) < 4.78 is 5.50. The van der Waals surface area contributed by atoms with E-state index in [0.29, 0.717) is 30.9 Å². The zero-order valence-corrected chi connectivity index (χ0v) is 19.5. The van der Waals surface area contributed by atoms with Crippen LogP contribution < -0.4 is 15.4 Å². The van der Waals surface area contributed by atoms with E-state index in [-0.39, 0.29) is 30.6 Å². The van der Waals surface area contributed by atoms with E-state index < -0.39 is 0 Å². The molecule has 0 saturated heterocycles. The van der Waals surface area contributed by atoms with Crippen LogP contribution in [0, 0.1) is 11.8 Å². The van der Waals surface area contributed by atoms with Crippen molar-refractivity contribution in [3.8, 4) is 5.88 Å². The molecule has 27 heavy (non-hydrogen) atoms. The first-order chi connectivity index (χ1) is 12.6. The molecule has 3 N–H and O–H groups in total. The fourth-order valence-electron chi connectivity index (χ4n) is 2.70. The number of aliphatic hydroxyl groups is 1. The predicted molar refractivity (Wildman–Crippen MR) is 123 cm³/mol. The van der Waals surface area contributed by atoms with Gasteiger partial charge in [-0.05, 0) is 43.6 Å². The van der Waals surface area contributed by atoms with Gasteiger partial charge in [-0.2, -0.15) is 0 Å². The van der Waals surface area contributed by atoms with Gasteiger partial charge in [0, 0.05) is 32.0 Å². The van der Waals surface area contributed by atoms with Gasteiger partial charge in [0.15, 0.2) is 5.96 Å². The Kier molecular flexibility index (Phi) is 15.3. The molecule has 156 valence electrons. The second-order valence-corrected chi connectivity index (χ2v) is 6.94. The Morgan fingerprint density at radius 3 is 2.59 bits per heavy atom. The number of hydrogen-bond acceptors (Lipinski definition) is 4. The summed E-state index contributed by atoms with van der Waals surface area (Å²) in [7, 11) is 0. The minimum atomic E-state index is 0. The summed E-state index contributed by atoms with van der Waals surface area (Å²) in [4.78, 5) is 8.95. The van der Waals surface area contributed by atoms with Crippen molar-refractivity contribution in [1.29, 1.82) is 0 Å². The van der Waals surface area contributed by atoms with Gasteiger partial charge in [0.05, 0.1) is 13.2 Å². The Bertz CT molecular complexity index is 509. The lowest BCUT2D eigenvalue weighted by atomic mass is 9.94. The molecule has 0 saturated carbocycles. The third-order valence-corrected chi connectivity index (χ3v) is 3.92. The molecule has 1 rings (SSSR count). The average Bonchev–Trinajstić information content (AvgIpc) is 2.62. The molecule has 0 aliphatic rings. The summed E-state index contributed by atoms with van der Waals surface area (Å²) >= 11 is 0. The number of nitrogens with zero attached hydrogens (tertiary/aromatic N) is 2. The molecule has 1 aromatic rings. The monoisotopic (exact) mass is 492 g/mol. The lowest BCUT2D eigenvalue weighted by molar-refractivity contribution is 0.243. The standard InChI is InChI=1S/C20H36N4O2.HI/c1-5-11-26-19-8-7-18(14-22-19)15-24-20(21-6-2)23-13-17(9-10-25)12-16(3)4;/h7-8,14,16-17,25H,5-6,9-13,15H2,1-4H3,(H2,21,23,24);1H. The molecule has 0 aliphatic carbocycles. The smallest absolute Gasteiger partial charge is 0.213 e. The first-order valence-corrected chi connectivity index (χ1v) is 9.79. The summed E-state index contributed by atoms with van der Waals surface area (Å²) in [5.74, 6) is 2.52. The second-order valence-electron chi connectivity index (χ2n) is 6.94. The summed E-state index contributed by atoms with van der Waals surface area (Å²) in [6.07, 6.45) is 4.69. The van der Waals surface area contributed by atoms with Crippen LogP contribution in [0.2, 0.25) is 0 Å². The Morgan fingerprint density at radius 2 is 2.04 bits per heavy atom. The lowest BCUT2D eigenvalue weighted by Crippen LogP contribution is -2.40. The van der Waals surface area contributed by atoms with Crippen LogP contribution in [0.25, 0.3) is 0 Å². The van der Waals surface area contributed by atoms with Crippen LogP contribution in [0.15, 0.2) is 23.3 Å². The van der Waals surface area contributed by atoms with Crippen molar-refractivity contribution >= 4 is 29.9 Å². The lowest BCUT2D eigenvalue weighted by Gasteiger charge is -2.20. The van der Waals surface area contributed by atoms with E-state index in [9.17, 15) is 5.11 Å². The zero-order valence-electron chi connectivity index (χ0n) is 17.2. The highest BCUT2D eigenvalue weighted by molar-refractivity contribution is 14.0. The van der Waals surface area contributed by atoms with Gasteiger partial charge in [0.25, 0.3) is 0 Å². The average molecular weight is 492 g/mol. The van der Waals surface area contributed by atoms with Crippen LogP contribution in [0.1, 0.15) is 52.5 Å². The molecular weight excluding hydrogens is 455 g/mol. The predicted octanol–water partition coefficient (Wildman–Crippen LogP) is 3.59. The number of ether oxygens (including phenoxy) is 1. The normalized spacial score (nSPS) is 12.4. The Balaban J connectivity index is 0.00000676. The first-order valence-electron chi connectivity index (χ1n) is 9.79. The Labute approximate surface area is 181 Å². The van der Waals surface area contributed by atoms with Crippen LogP contribution >= 0.6 is 24.0 Å². The molecule has 1 aromatic heterocycles. The number of pyridine rings is 1. The van der Waals surface area contributed by atoms with Gasteiger partial charge in [-0.3, -0.25) is 0 Å². The maximum absolute atomic E-state index is 9.26. The van der Waals surface area contributed by atoms with Crippen molar-refractivity contribution in [3.63, 3.8) is 0 Å². The topological polar surface area (TPSA) is 78.8 Å². The quantitative estimate of drug-likeness (QED) is 0.236. The fourth-order valence-corrected chi connectivity index (χ4v) is 2.70. The molecule has 0 spiro atoms. The number of aliphatic hydroxyl groups excluding tert-OH is 1.